The van der Waals surface area contributed by atoms with Gasteiger partial charge in [-0.3, -0.25) is 0 Å². The second kappa shape index (κ2) is 5.51. The molecule has 0 aliphatic heterocycles. The van der Waals surface area contributed by atoms with Crippen molar-refractivity contribution in [2.75, 3.05) is 12.3 Å². The lowest BCUT2D eigenvalue weighted by Crippen LogP contribution is -2.08. The molecule has 0 aliphatic carbocycles. The molecule has 1 rings (SSSR count). The molecule has 1 heterocycles. The molecule has 0 amide bonds. The lowest BCUT2D eigenvalue weighted by molar-refractivity contribution is 0.116. The first-order valence-corrected chi connectivity index (χ1v) is 4.66. The molecule has 5 heteroatoms. The summed E-state index contributed by atoms with van der Waals surface area (Å²) in [6.07, 6.45) is 2.63. The summed E-state index contributed by atoms with van der Waals surface area (Å²) in [5.41, 5.74) is 11.8. The number of nitrogens with two attached hydrogens (primary N) is 2. The van der Waals surface area contributed by atoms with E-state index in [0.717, 1.165) is 12.0 Å². The molecule has 0 radical (unpaired) electrons. The van der Waals surface area contributed by atoms with Gasteiger partial charge in [0.15, 0.2) is 5.82 Å². The minimum Gasteiger partial charge on any atom is -0.383 e. The third-order valence-corrected chi connectivity index (χ3v) is 1.75. The van der Waals surface area contributed by atoms with Crippen LogP contribution in [0.2, 0.25) is 0 Å². The van der Waals surface area contributed by atoms with Gasteiger partial charge in [0.2, 0.25) is 0 Å². The Kier molecular flexibility index (Phi) is 4.28. The van der Waals surface area contributed by atoms with E-state index in [2.05, 4.69) is 9.97 Å². The summed E-state index contributed by atoms with van der Waals surface area (Å²) in [4.78, 5) is 8.16. The van der Waals surface area contributed by atoms with Gasteiger partial charge in [-0.15, -0.1) is 0 Å². The van der Waals surface area contributed by atoms with Crippen molar-refractivity contribution in [2.45, 2.75) is 26.5 Å². The van der Waals surface area contributed by atoms with Crippen LogP contribution in [-0.4, -0.2) is 16.6 Å². The molecule has 78 valence electrons. The number of rotatable bonds is 5. The fourth-order valence-corrected chi connectivity index (χ4v) is 0.993. The first-order chi connectivity index (χ1) is 6.77. The van der Waals surface area contributed by atoms with Gasteiger partial charge < -0.3 is 16.2 Å². The molecule has 0 saturated carbocycles. The second-order valence-electron chi connectivity index (χ2n) is 2.95. The van der Waals surface area contributed by atoms with E-state index in [1.165, 1.54) is 0 Å². The van der Waals surface area contributed by atoms with Crippen LogP contribution in [0.25, 0.3) is 0 Å². The third kappa shape index (κ3) is 2.93. The van der Waals surface area contributed by atoms with Crippen LogP contribution in [-0.2, 0) is 17.9 Å². The Morgan fingerprint density at radius 3 is 2.86 bits per heavy atom. The van der Waals surface area contributed by atoms with E-state index in [1.54, 1.807) is 6.20 Å². The maximum atomic E-state index is 5.65. The number of aromatic nitrogens is 2. The van der Waals surface area contributed by atoms with E-state index >= 15 is 0 Å². The maximum absolute atomic E-state index is 5.65. The van der Waals surface area contributed by atoms with Crippen LogP contribution in [0.1, 0.15) is 24.7 Å². The molecule has 0 aliphatic rings. The fourth-order valence-electron chi connectivity index (χ4n) is 0.993. The average Bonchev–Trinajstić information content (AvgIpc) is 2.18. The summed E-state index contributed by atoms with van der Waals surface area (Å²) in [5.74, 6) is 1.05. The molecular weight excluding hydrogens is 180 g/mol. The normalized spacial score (nSPS) is 10.4. The van der Waals surface area contributed by atoms with E-state index in [1.807, 2.05) is 6.92 Å². The molecule has 0 unspecified atom stereocenters. The fraction of sp³-hybridized carbons (Fsp3) is 0.556. The standard InChI is InChI=1S/C9H16N4O/c1-2-3-14-6-8-12-5-7(4-10)9(11)13-8/h5H,2-4,6,10H2,1H3,(H2,11,12,13). The molecule has 4 N–H and O–H groups in total. The van der Waals surface area contributed by atoms with E-state index in [9.17, 15) is 0 Å². The van der Waals surface area contributed by atoms with Gasteiger partial charge in [-0.25, -0.2) is 9.97 Å². The summed E-state index contributed by atoms with van der Waals surface area (Å²) in [6.45, 7) is 3.53. The number of ether oxygens (including phenoxy) is 1. The molecule has 0 aromatic carbocycles. The monoisotopic (exact) mass is 196 g/mol. The zero-order chi connectivity index (χ0) is 10.4. The lowest BCUT2D eigenvalue weighted by atomic mass is 10.3. The van der Waals surface area contributed by atoms with Crippen LogP contribution in [0.5, 0.6) is 0 Å². The Hall–Kier alpha value is -1.20. The molecular formula is C9H16N4O. The van der Waals surface area contributed by atoms with Gasteiger partial charge in [0.1, 0.15) is 12.4 Å². The molecule has 0 fully saturated rings. The van der Waals surface area contributed by atoms with Crippen LogP contribution >= 0.6 is 0 Å². The van der Waals surface area contributed by atoms with Gasteiger partial charge in [0.05, 0.1) is 0 Å². The quantitative estimate of drug-likeness (QED) is 0.667. The highest BCUT2D eigenvalue weighted by molar-refractivity contribution is 5.37. The topological polar surface area (TPSA) is 87.0 Å². The summed E-state index contributed by atoms with van der Waals surface area (Å²) in [5, 5.41) is 0. The van der Waals surface area contributed by atoms with Gasteiger partial charge in [-0.1, -0.05) is 6.92 Å². The highest BCUT2D eigenvalue weighted by atomic mass is 16.5. The van der Waals surface area contributed by atoms with Crippen molar-refractivity contribution >= 4 is 5.82 Å². The van der Waals surface area contributed by atoms with E-state index < -0.39 is 0 Å². The van der Waals surface area contributed by atoms with Crippen LogP contribution in [0.4, 0.5) is 5.82 Å². The van der Waals surface area contributed by atoms with Crippen molar-refractivity contribution < 1.29 is 4.74 Å². The summed E-state index contributed by atoms with van der Waals surface area (Å²) < 4.78 is 5.29. The Bertz CT molecular complexity index is 290. The molecule has 0 bridgehead atoms. The maximum Gasteiger partial charge on any atom is 0.156 e. The zero-order valence-corrected chi connectivity index (χ0v) is 8.36. The number of hydrogen-bond donors (Lipinski definition) is 2. The molecule has 5 nitrogen and oxygen atoms in total. The Labute approximate surface area is 83.5 Å². The third-order valence-electron chi connectivity index (χ3n) is 1.75. The van der Waals surface area contributed by atoms with Crippen molar-refractivity contribution in [3.8, 4) is 0 Å². The lowest BCUT2D eigenvalue weighted by Gasteiger charge is -2.04. The Balaban J connectivity index is 2.57. The van der Waals surface area contributed by atoms with Gasteiger partial charge in [0, 0.05) is 24.9 Å². The van der Waals surface area contributed by atoms with Crippen molar-refractivity contribution in [2.24, 2.45) is 5.73 Å². The van der Waals surface area contributed by atoms with Crippen LogP contribution in [0.3, 0.4) is 0 Å². The van der Waals surface area contributed by atoms with Crippen molar-refractivity contribution in [1.29, 1.82) is 0 Å². The van der Waals surface area contributed by atoms with Crippen LogP contribution in [0, 0.1) is 0 Å². The highest BCUT2D eigenvalue weighted by Gasteiger charge is 2.02. The van der Waals surface area contributed by atoms with E-state index in [4.69, 9.17) is 16.2 Å². The molecule has 1 aromatic heterocycles. The van der Waals surface area contributed by atoms with Crippen LogP contribution < -0.4 is 11.5 Å². The minimum absolute atomic E-state index is 0.363. The van der Waals surface area contributed by atoms with Gasteiger partial charge in [0.25, 0.3) is 0 Å². The molecule has 14 heavy (non-hydrogen) atoms. The van der Waals surface area contributed by atoms with E-state index in [0.29, 0.717) is 31.4 Å². The SMILES string of the molecule is CCCOCc1ncc(CN)c(N)n1. The number of hydrogen-bond acceptors (Lipinski definition) is 5. The zero-order valence-electron chi connectivity index (χ0n) is 8.36. The Morgan fingerprint density at radius 2 is 2.29 bits per heavy atom. The predicted molar refractivity (Wildman–Crippen MR) is 54.3 cm³/mol. The van der Waals surface area contributed by atoms with Crippen LogP contribution in [0.15, 0.2) is 6.20 Å². The molecule has 0 spiro atoms. The first-order valence-electron chi connectivity index (χ1n) is 4.66. The molecule has 1 aromatic rings. The average molecular weight is 196 g/mol. The largest absolute Gasteiger partial charge is 0.383 e. The van der Waals surface area contributed by atoms with Gasteiger partial charge in [-0.2, -0.15) is 0 Å². The highest BCUT2D eigenvalue weighted by Crippen LogP contribution is 2.06. The number of nitrogen functional groups attached to an aromatic ring is 1. The van der Waals surface area contributed by atoms with Gasteiger partial charge in [-0.05, 0) is 6.42 Å². The summed E-state index contributed by atoms with van der Waals surface area (Å²) in [6, 6.07) is 0. The Morgan fingerprint density at radius 1 is 1.50 bits per heavy atom. The van der Waals surface area contributed by atoms with Gasteiger partial charge >= 0.3 is 0 Å². The number of anilines is 1. The summed E-state index contributed by atoms with van der Waals surface area (Å²) >= 11 is 0. The summed E-state index contributed by atoms with van der Waals surface area (Å²) in [7, 11) is 0. The van der Waals surface area contributed by atoms with E-state index in [-0.39, 0.29) is 0 Å². The smallest absolute Gasteiger partial charge is 0.156 e. The van der Waals surface area contributed by atoms with Crippen molar-refractivity contribution in [3.05, 3.63) is 17.6 Å². The first kappa shape index (κ1) is 10.9. The minimum atomic E-state index is 0.363. The van der Waals surface area contributed by atoms with Crippen molar-refractivity contribution in [3.63, 3.8) is 0 Å². The number of nitrogens with zero attached hydrogens (tertiary/aromatic N) is 2. The molecule has 0 atom stereocenters. The molecule has 0 saturated heterocycles. The predicted octanol–water partition coefficient (Wildman–Crippen LogP) is 0.444. The second-order valence-corrected chi connectivity index (χ2v) is 2.95. The van der Waals surface area contributed by atoms with Crippen molar-refractivity contribution in [1.82, 2.24) is 9.97 Å².